The molecule has 0 fully saturated rings. The Balaban J connectivity index is 1.68. The zero-order valence-electron chi connectivity index (χ0n) is 21.1. The van der Waals surface area contributed by atoms with Crippen LogP contribution >= 0.6 is 11.3 Å². The fraction of sp³-hybridized carbons (Fsp3) is 0.400. The Bertz CT molecular complexity index is 1020. The first-order valence-electron chi connectivity index (χ1n) is 12.8. The number of benzene rings is 2. The number of hydrogen-bond acceptors (Lipinski definition) is 3. The SMILES string of the molecule is CCCCCCc1ccc(C(=O)N(CCC)CC(=O)N(Cc2ccccc2)Cc2cccs2)cc1. The van der Waals surface area contributed by atoms with Crippen LogP contribution in [0.5, 0.6) is 0 Å². The Morgan fingerprint density at radius 3 is 2.17 bits per heavy atom. The van der Waals surface area contributed by atoms with Gasteiger partial charge in [-0.2, -0.15) is 0 Å². The molecule has 1 heterocycles. The second kappa shape index (κ2) is 14.5. The summed E-state index contributed by atoms with van der Waals surface area (Å²) in [5.74, 6) is -0.106. The number of aryl methyl sites for hydroxylation is 1. The van der Waals surface area contributed by atoms with Gasteiger partial charge in [0.05, 0.1) is 6.54 Å². The molecule has 0 bridgehead atoms. The summed E-state index contributed by atoms with van der Waals surface area (Å²) in [7, 11) is 0. The van der Waals surface area contributed by atoms with E-state index in [0.717, 1.165) is 23.3 Å². The summed E-state index contributed by atoms with van der Waals surface area (Å²) in [6.45, 7) is 5.98. The highest BCUT2D eigenvalue weighted by atomic mass is 32.1. The van der Waals surface area contributed by atoms with Crippen LogP contribution in [0.4, 0.5) is 0 Å². The monoisotopic (exact) mass is 490 g/mol. The lowest BCUT2D eigenvalue weighted by atomic mass is 10.0. The van der Waals surface area contributed by atoms with Gasteiger partial charge in [0.25, 0.3) is 5.91 Å². The van der Waals surface area contributed by atoms with Gasteiger partial charge in [-0.05, 0) is 54.0 Å². The Morgan fingerprint density at radius 2 is 1.51 bits per heavy atom. The van der Waals surface area contributed by atoms with Gasteiger partial charge < -0.3 is 9.80 Å². The lowest BCUT2D eigenvalue weighted by Crippen LogP contribution is -2.42. The molecule has 1 aromatic heterocycles. The summed E-state index contributed by atoms with van der Waals surface area (Å²) in [5.41, 5.74) is 3.00. The first-order chi connectivity index (χ1) is 17.1. The highest BCUT2D eigenvalue weighted by molar-refractivity contribution is 7.09. The molecule has 0 N–H and O–H groups in total. The van der Waals surface area contributed by atoms with Crippen molar-refractivity contribution in [2.24, 2.45) is 0 Å². The predicted molar refractivity (Wildman–Crippen MR) is 145 cm³/mol. The quantitative estimate of drug-likeness (QED) is 0.229. The Labute approximate surface area is 214 Å². The van der Waals surface area contributed by atoms with E-state index in [1.807, 2.05) is 65.7 Å². The van der Waals surface area contributed by atoms with Gasteiger partial charge in [0.2, 0.25) is 5.91 Å². The zero-order chi connectivity index (χ0) is 24.9. The molecule has 0 saturated carbocycles. The molecular formula is C30H38N2O2S. The molecule has 0 aliphatic carbocycles. The maximum Gasteiger partial charge on any atom is 0.254 e. The highest BCUT2D eigenvalue weighted by Crippen LogP contribution is 2.17. The van der Waals surface area contributed by atoms with E-state index >= 15 is 0 Å². The van der Waals surface area contributed by atoms with Crippen molar-refractivity contribution in [3.8, 4) is 0 Å². The number of hydrogen-bond donors (Lipinski definition) is 0. The third-order valence-corrected chi connectivity index (χ3v) is 6.98. The summed E-state index contributed by atoms with van der Waals surface area (Å²) >= 11 is 1.65. The third-order valence-electron chi connectivity index (χ3n) is 6.12. The van der Waals surface area contributed by atoms with Crippen molar-refractivity contribution in [1.82, 2.24) is 9.80 Å². The maximum atomic E-state index is 13.5. The van der Waals surface area contributed by atoms with E-state index < -0.39 is 0 Å². The first-order valence-corrected chi connectivity index (χ1v) is 13.7. The van der Waals surface area contributed by atoms with Crippen LogP contribution in [0.15, 0.2) is 72.1 Å². The molecule has 2 aromatic carbocycles. The molecule has 0 aliphatic heterocycles. The second-order valence-corrected chi connectivity index (χ2v) is 10.1. The van der Waals surface area contributed by atoms with Crippen LogP contribution in [0.3, 0.4) is 0 Å². The number of unbranched alkanes of at least 4 members (excludes halogenated alkanes) is 3. The van der Waals surface area contributed by atoms with Gasteiger partial charge in [-0.3, -0.25) is 9.59 Å². The predicted octanol–water partition coefficient (Wildman–Crippen LogP) is 6.95. The molecule has 0 saturated heterocycles. The number of rotatable bonds is 14. The fourth-order valence-electron chi connectivity index (χ4n) is 4.16. The van der Waals surface area contributed by atoms with Gasteiger partial charge in [0.15, 0.2) is 0 Å². The number of amides is 2. The standard InChI is InChI=1S/C30H38N2O2S/c1-3-5-6-8-12-25-16-18-27(19-17-25)30(34)31(20-4-2)24-29(33)32(23-28-15-11-21-35-28)22-26-13-9-7-10-14-26/h7,9-11,13-19,21H,3-6,8,12,20,22-24H2,1-2H3. The molecule has 4 nitrogen and oxygen atoms in total. The number of nitrogens with zero attached hydrogens (tertiary/aromatic N) is 2. The number of carbonyl (C=O) groups is 2. The maximum absolute atomic E-state index is 13.5. The molecule has 35 heavy (non-hydrogen) atoms. The van der Waals surface area contributed by atoms with E-state index in [9.17, 15) is 9.59 Å². The molecule has 3 rings (SSSR count). The van der Waals surface area contributed by atoms with Crippen LogP contribution in [-0.2, 0) is 24.3 Å². The summed E-state index contributed by atoms with van der Waals surface area (Å²) in [6, 6.07) is 22.0. The van der Waals surface area contributed by atoms with Gasteiger partial charge in [0.1, 0.15) is 6.54 Å². The molecule has 3 aromatic rings. The lowest BCUT2D eigenvalue weighted by Gasteiger charge is -2.27. The fourth-order valence-corrected chi connectivity index (χ4v) is 4.88. The van der Waals surface area contributed by atoms with Gasteiger partial charge in [-0.1, -0.05) is 81.6 Å². The van der Waals surface area contributed by atoms with Crippen LogP contribution in [0.1, 0.15) is 72.3 Å². The van der Waals surface area contributed by atoms with Gasteiger partial charge in [-0.15, -0.1) is 11.3 Å². The van der Waals surface area contributed by atoms with Crippen LogP contribution in [0.2, 0.25) is 0 Å². The van der Waals surface area contributed by atoms with Gasteiger partial charge >= 0.3 is 0 Å². The molecule has 0 radical (unpaired) electrons. The summed E-state index contributed by atoms with van der Waals surface area (Å²) in [5, 5.41) is 2.03. The Hall–Kier alpha value is -2.92. The van der Waals surface area contributed by atoms with Crippen molar-refractivity contribution < 1.29 is 9.59 Å². The second-order valence-electron chi connectivity index (χ2n) is 9.05. The van der Waals surface area contributed by atoms with Gasteiger partial charge in [-0.25, -0.2) is 0 Å². The minimum Gasteiger partial charge on any atom is -0.332 e. The van der Waals surface area contributed by atoms with Crippen LogP contribution in [0.25, 0.3) is 0 Å². The minimum atomic E-state index is -0.0754. The topological polar surface area (TPSA) is 40.6 Å². The van der Waals surface area contributed by atoms with E-state index in [4.69, 9.17) is 0 Å². The first kappa shape index (κ1) is 26.7. The van der Waals surface area contributed by atoms with Crippen LogP contribution in [-0.4, -0.2) is 34.7 Å². The van der Waals surface area contributed by atoms with E-state index in [1.165, 1.54) is 31.2 Å². The molecule has 0 atom stereocenters. The summed E-state index contributed by atoms with van der Waals surface area (Å²) in [4.78, 5) is 31.5. The van der Waals surface area contributed by atoms with E-state index in [0.29, 0.717) is 25.2 Å². The Morgan fingerprint density at radius 1 is 0.743 bits per heavy atom. The zero-order valence-corrected chi connectivity index (χ0v) is 21.9. The van der Waals surface area contributed by atoms with Crippen molar-refractivity contribution >= 4 is 23.2 Å². The van der Waals surface area contributed by atoms with Gasteiger partial charge in [0, 0.05) is 23.5 Å². The van der Waals surface area contributed by atoms with Crippen molar-refractivity contribution in [3.05, 3.63) is 93.7 Å². The van der Waals surface area contributed by atoms with Crippen LogP contribution < -0.4 is 0 Å². The molecule has 5 heteroatoms. The molecule has 0 aliphatic rings. The van der Waals surface area contributed by atoms with Crippen molar-refractivity contribution in [3.63, 3.8) is 0 Å². The minimum absolute atomic E-state index is 0.0309. The van der Waals surface area contributed by atoms with Crippen molar-refractivity contribution in [2.45, 2.75) is 65.5 Å². The largest absolute Gasteiger partial charge is 0.332 e. The number of carbonyl (C=O) groups excluding carboxylic acids is 2. The highest BCUT2D eigenvalue weighted by Gasteiger charge is 2.22. The molecule has 0 spiro atoms. The molecule has 186 valence electrons. The average molecular weight is 491 g/mol. The lowest BCUT2D eigenvalue weighted by molar-refractivity contribution is -0.133. The molecular weight excluding hydrogens is 452 g/mol. The third kappa shape index (κ3) is 8.66. The average Bonchev–Trinajstić information content (AvgIpc) is 3.40. The summed E-state index contributed by atoms with van der Waals surface area (Å²) < 4.78 is 0. The van der Waals surface area contributed by atoms with Crippen molar-refractivity contribution in [2.75, 3.05) is 13.1 Å². The van der Waals surface area contributed by atoms with E-state index in [2.05, 4.69) is 25.1 Å². The smallest absolute Gasteiger partial charge is 0.254 e. The number of thiophene rings is 1. The normalized spacial score (nSPS) is 10.8. The molecule has 2 amide bonds. The summed E-state index contributed by atoms with van der Waals surface area (Å²) in [6.07, 6.45) is 6.77. The molecule has 0 unspecified atom stereocenters. The van der Waals surface area contributed by atoms with E-state index in [1.54, 1.807) is 16.2 Å². The van der Waals surface area contributed by atoms with E-state index in [-0.39, 0.29) is 18.4 Å². The van der Waals surface area contributed by atoms with Crippen molar-refractivity contribution in [1.29, 1.82) is 0 Å². The Kier molecular flexibility index (Phi) is 11.0. The van der Waals surface area contributed by atoms with Crippen LogP contribution in [0, 0.1) is 0 Å².